The van der Waals surface area contributed by atoms with E-state index in [1.54, 1.807) is 38.4 Å². The van der Waals surface area contributed by atoms with Gasteiger partial charge in [-0.1, -0.05) is 30.3 Å². The van der Waals surface area contributed by atoms with Crippen molar-refractivity contribution in [1.82, 2.24) is 10.2 Å². The molecular weight excluding hydrogens is 533 g/mol. The highest BCUT2D eigenvalue weighted by molar-refractivity contribution is 6.00. The molecule has 3 aromatic carbocycles. The van der Waals surface area contributed by atoms with Crippen LogP contribution in [0.15, 0.2) is 72.8 Å². The average Bonchev–Trinajstić information content (AvgIpc) is 3.12. The van der Waals surface area contributed by atoms with E-state index in [0.717, 1.165) is 40.7 Å². The summed E-state index contributed by atoms with van der Waals surface area (Å²) < 4.78 is 50.2. The number of rotatable bonds is 11. The molecule has 41 heavy (non-hydrogen) atoms. The molecule has 2 N–H and O–H groups in total. The van der Waals surface area contributed by atoms with E-state index in [2.05, 4.69) is 10.1 Å². The molecule has 0 fully saturated rings. The molecule has 9 heteroatoms. The van der Waals surface area contributed by atoms with Gasteiger partial charge in [0, 0.05) is 33.3 Å². The second-order valence-corrected chi connectivity index (χ2v) is 9.78. The molecule has 0 saturated carbocycles. The highest BCUT2D eigenvalue weighted by Gasteiger charge is 2.22. The molecule has 0 spiro atoms. The number of alkyl halides is 2. The highest BCUT2D eigenvalue weighted by atomic mass is 19.3. The van der Waals surface area contributed by atoms with Gasteiger partial charge in [-0.2, -0.15) is 8.78 Å². The third-order valence-electron chi connectivity index (χ3n) is 6.68. The molecule has 0 radical (unpaired) electrons. The first-order chi connectivity index (χ1) is 19.7. The molecule has 0 aromatic heterocycles. The van der Waals surface area contributed by atoms with Crippen molar-refractivity contribution in [2.45, 2.75) is 25.9 Å². The number of likely N-dealkylation sites (N-methyl/N-ethyl adjacent to an activating group) is 1. The molecule has 1 aliphatic rings. The number of phenolic OH excluding ortho intramolecular Hbond substituents is 1. The van der Waals surface area contributed by atoms with Gasteiger partial charge in [-0.25, -0.2) is 4.39 Å². The predicted octanol–water partition coefficient (Wildman–Crippen LogP) is 6.04. The summed E-state index contributed by atoms with van der Waals surface area (Å²) in [6.45, 7) is -1.55. The van der Waals surface area contributed by atoms with Crippen LogP contribution in [0.25, 0.3) is 11.1 Å². The van der Waals surface area contributed by atoms with Gasteiger partial charge in [0.1, 0.15) is 18.1 Å². The number of hydrogen-bond acceptors (Lipinski definition) is 5. The van der Waals surface area contributed by atoms with Gasteiger partial charge in [-0.3, -0.25) is 4.79 Å². The van der Waals surface area contributed by atoms with Crippen LogP contribution in [0.5, 0.6) is 17.2 Å². The van der Waals surface area contributed by atoms with Crippen LogP contribution in [0.1, 0.15) is 35.1 Å². The van der Waals surface area contributed by atoms with Crippen LogP contribution in [0.3, 0.4) is 0 Å². The number of fused-ring (bicyclic) bond motifs is 1. The molecule has 1 aliphatic carbocycles. The minimum Gasteiger partial charge on any atom is -0.508 e. The monoisotopic (exact) mass is 566 g/mol. The minimum absolute atomic E-state index is 0.0718. The zero-order valence-electron chi connectivity index (χ0n) is 23.0. The first kappa shape index (κ1) is 29.7. The molecule has 0 aliphatic heterocycles. The SMILES string of the molecule is CN(C)C(=O)/C=C/CNCCOc1ccc(C2=C(c3ccc(OC(F)F)c(F)c3)CCCc3cc(O)ccc32)cc1. The van der Waals surface area contributed by atoms with Crippen molar-refractivity contribution in [3.05, 3.63) is 101 Å². The Bertz CT molecular complexity index is 1420. The van der Waals surface area contributed by atoms with E-state index in [1.165, 1.54) is 23.1 Å². The summed E-state index contributed by atoms with van der Waals surface area (Å²) in [5.74, 6) is -0.586. The summed E-state index contributed by atoms with van der Waals surface area (Å²) in [7, 11) is 3.39. The number of ether oxygens (including phenoxy) is 2. The van der Waals surface area contributed by atoms with Crippen molar-refractivity contribution in [2.75, 3.05) is 33.8 Å². The van der Waals surface area contributed by atoms with Gasteiger partial charge >= 0.3 is 6.61 Å². The van der Waals surface area contributed by atoms with Gasteiger partial charge < -0.3 is 24.8 Å². The summed E-state index contributed by atoms with van der Waals surface area (Å²) in [4.78, 5) is 13.1. The van der Waals surface area contributed by atoms with Crippen molar-refractivity contribution in [3.63, 3.8) is 0 Å². The van der Waals surface area contributed by atoms with Crippen molar-refractivity contribution in [3.8, 4) is 17.2 Å². The van der Waals surface area contributed by atoms with E-state index in [9.17, 15) is 23.1 Å². The van der Waals surface area contributed by atoms with Crippen LogP contribution in [-0.2, 0) is 11.2 Å². The maximum atomic E-state index is 14.7. The first-order valence-electron chi connectivity index (χ1n) is 13.3. The summed E-state index contributed by atoms with van der Waals surface area (Å²) in [6.07, 6.45) is 5.38. The summed E-state index contributed by atoms with van der Waals surface area (Å²) in [5.41, 5.74) is 5.10. The normalized spacial score (nSPS) is 13.3. The van der Waals surface area contributed by atoms with E-state index in [-0.39, 0.29) is 11.7 Å². The lowest BCUT2D eigenvalue weighted by molar-refractivity contribution is -0.123. The van der Waals surface area contributed by atoms with Gasteiger partial charge in [0.05, 0.1) is 0 Å². The fourth-order valence-corrected chi connectivity index (χ4v) is 4.73. The highest BCUT2D eigenvalue weighted by Crippen LogP contribution is 2.41. The molecule has 1 amide bonds. The Hall–Kier alpha value is -4.24. The van der Waals surface area contributed by atoms with Crippen molar-refractivity contribution in [2.24, 2.45) is 0 Å². The Balaban J connectivity index is 1.55. The van der Waals surface area contributed by atoms with Gasteiger partial charge in [0.25, 0.3) is 0 Å². The van der Waals surface area contributed by atoms with Crippen LogP contribution in [-0.4, -0.2) is 56.3 Å². The lowest BCUT2D eigenvalue weighted by Gasteiger charge is -2.18. The molecule has 0 saturated heterocycles. The summed E-state index contributed by atoms with van der Waals surface area (Å²) in [6, 6.07) is 16.9. The quantitative estimate of drug-likeness (QED) is 0.219. The minimum atomic E-state index is -3.12. The second-order valence-electron chi connectivity index (χ2n) is 9.78. The molecule has 3 aromatic rings. The molecule has 216 valence electrons. The van der Waals surface area contributed by atoms with Gasteiger partial charge in [0.15, 0.2) is 11.6 Å². The Morgan fingerprint density at radius 2 is 1.80 bits per heavy atom. The Morgan fingerprint density at radius 3 is 2.51 bits per heavy atom. The number of benzene rings is 3. The topological polar surface area (TPSA) is 71.0 Å². The Morgan fingerprint density at radius 1 is 1.05 bits per heavy atom. The molecule has 0 heterocycles. The fourth-order valence-electron chi connectivity index (χ4n) is 4.73. The van der Waals surface area contributed by atoms with E-state index in [4.69, 9.17) is 4.74 Å². The number of carbonyl (C=O) groups excluding carboxylic acids is 1. The largest absolute Gasteiger partial charge is 0.508 e. The lowest BCUT2D eigenvalue weighted by atomic mass is 9.87. The van der Waals surface area contributed by atoms with Gasteiger partial charge in [0.2, 0.25) is 5.91 Å². The predicted molar refractivity (Wildman–Crippen MR) is 153 cm³/mol. The number of carbonyl (C=O) groups is 1. The van der Waals surface area contributed by atoms with Crippen LogP contribution in [0.4, 0.5) is 13.2 Å². The standard InChI is InChI=1S/C32H33F3N2O4/c1-37(2)30(39)7-4-16-36-17-18-40-25-12-8-21(9-13-25)31-26(6-3-5-22-19-24(38)11-14-27(22)31)23-10-15-29(28(33)20-23)41-32(34)35/h4,7-15,19-20,32,36,38H,3,5-6,16-18H2,1-2H3/b7-4+. The third kappa shape index (κ3) is 7.91. The Labute approximate surface area is 237 Å². The number of hydrogen-bond donors (Lipinski definition) is 2. The third-order valence-corrected chi connectivity index (χ3v) is 6.68. The maximum absolute atomic E-state index is 14.7. The van der Waals surface area contributed by atoms with Crippen molar-refractivity contribution >= 4 is 17.1 Å². The van der Waals surface area contributed by atoms with Crippen LogP contribution < -0.4 is 14.8 Å². The van der Waals surface area contributed by atoms with E-state index in [0.29, 0.717) is 37.4 Å². The molecule has 0 unspecified atom stereocenters. The molecule has 0 bridgehead atoms. The number of phenols is 1. The lowest BCUT2D eigenvalue weighted by Crippen LogP contribution is -2.22. The summed E-state index contributed by atoms with van der Waals surface area (Å²) >= 11 is 0. The van der Waals surface area contributed by atoms with Crippen molar-refractivity contribution in [1.29, 1.82) is 0 Å². The van der Waals surface area contributed by atoms with E-state index in [1.807, 2.05) is 30.3 Å². The maximum Gasteiger partial charge on any atom is 0.387 e. The number of aryl methyl sites for hydroxylation is 1. The van der Waals surface area contributed by atoms with E-state index < -0.39 is 18.2 Å². The number of amides is 1. The smallest absolute Gasteiger partial charge is 0.387 e. The number of aromatic hydroxyl groups is 1. The molecular formula is C32H33F3N2O4. The zero-order chi connectivity index (χ0) is 29.4. The molecule has 6 nitrogen and oxygen atoms in total. The molecule has 4 rings (SSSR count). The zero-order valence-corrected chi connectivity index (χ0v) is 23.0. The van der Waals surface area contributed by atoms with Crippen LogP contribution >= 0.6 is 0 Å². The number of allylic oxidation sites excluding steroid dienone is 1. The van der Waals surface area contributed by atoms with E-state index >= 15 is 0 Å². The van der Waals surface area contributed by atoms with Crippen LogP contribution in [0, 0.1) is 5.82 Å². The fraction of sp³-hybridized carbons (Fsp3) is 0.281. The average molecular weight is 567 g/mol. The van der Waals surface area contributed by atoms with Crippen LogP contribution in [0.2, 0.25) is 0 Å². The van der Waals surface area contributed by atoms with Gasteiger partial charge in [-0.15, -0.1) is 0 Å². The first-order valence-corrected chi connectivity index (χ1v) is 13.3. The summed E-state index contributed by atoms with van der Waals surface area (Å²) in [5, 5.41) is 13.3. The van der Waals surface area contributed by atoms with Crippen molar-refractivity contribution < 1.29 is 32.5 Å². The number of nitrogens with zero attached hydrogens (tertiary/aromatic N) is 1. The Kier molecular flexibility index (Phi) is 10.1. The second kappa shape index (κ2) is 13.9. The van der Waals surface area contributed by atoms with Gasteiger partial charge in [-0.05, 0) is 89.1 Å². The number of halogens is 3. The molecule has 0 atom stereocenters. The number of nitrogens with one attached hydrogen (secondary N) is 1.